The van der Waals surface area contributed by atoms with Crippen LogP contribution in [0.2, 0.25) is 0 Å². The van der Waals surface area contributed by atoms with Crippen LogP contribution in [0.15, 0.2) is 78.4 Å². The molecule has 0 bridgehead atoms. The molecule has 4 nitrogen and oxygen atoms in total. The Labute approximate surface area is 171 Å². The van der Waals surface area contributed by atoms with E-state index in [9.17, 15) is 9.59 Å². The molecule has 0 aliphatic heterocycles. The highest BCUT2D eigenvalue weighted by atomic mass is 16.2. The zero-order valence-electron chi connectivity index (χ0n) is 17.0. The van der Waals surface area contributed by atoms with Gasteiger partial charge in [-0.3, -0.25) is 9.59 Å². The molecule has 0 saturated heterocycles. The van der Waals surface area contributed by atoms with Crippen LogP contribution in [-0.4, -0.2) is 11.8 Å². The van der Waals surface area contributed by atoms with E-state index < -0.39 is 0 Å². The van der Waals surface area contributed by atoms with Crippen molar-refractivity contribution in [3.05, 3.63) is 89.5 Å². The van der Waals surface area contributed by atoms with E-state index in [1.54, 1.807) is 6.08 Å². The van der Waals surface area contributed by atoms with Crippen LogP contribution in [0.4, 0.5) is 5.69 Å². The molecule has 0 aliphatic carbocycles. The zero-order valence-corrected chi connectivity index (χ0v) is 17.0. The van der Waals surface area contributed by atoms with E-state index in [-0.39, 0.29) is 24.3 Å². The maximum Gasteiger partial charge on any atom is 0.248 e. The third-order valence-electron chi connectivity index (χ3n) is 4.67. The quantitative estimate of drug-likeness (QED) is 0.575. The van der Waals surface area contributed by atoms with Crippen molar-refractivity contribution < 1.29 is 9.59 Å². The Hall–Kier alpha value is -3.40. The third kappa shape index (κ3) is 5.55. The summed E-state index contributed by atoms with van der Waals surface area (Å²) in [7, 11) is 0. The van der Waals surface area contributed by atoms with Crippen molar-refractivity contribution in [3.63, 3.8) is 0 Å². The lowest BCUT2D eigenvalue weighted by Gasteiger charge is -2.17. The van der Waals surface area contributed by atoms with E-state index in [0.29, 0.717) is 5.69 Å². The number of fused-ring (bicyclic) bond motifs is 1. The van der Waals surface area contributed by atoms with E-state index in [2.05, 4.69) is 34.9 Å². The molecule has 4 heteroatoms. The normalized spacial score (nSPS) is 11.6. The molecule has 29 heavy (non-hydrogen) atoms. The summed E-state index contributed by atoms with van der Waals surface area (Å²) >= 11 is 0. The van der Waals surface area contributed by atoms with Crippen LogP contribution in [0.1, 0.15) is 37.9 Å². The van der Waals surface area contributed by atoms with Gasteiger partial charge in [0.15, 0.2) is 0 Å². The van der Waals surface area contributed by atoms with Crippen molar-refractivity contribution in [2.45, 2.75) is 33.2 Å². The molecule has 2 amide bonds. The molecular weight excluding hydrogens is 360 g/mol. The second-order valence-electron chi connectivity index (χ2n) is 7.44. The van der Waals surface area contributed by atoms with Crippen LogP contribution < -0.4 is 10.6 Å². The van der Waals surface area contributed by atoms with Gasteiger partial charge in [-0.1, -0.05) is 60.2 Å². The molecule has 0 fully saturated rings. The van der Waals surface area contributed by atoms with E-state index >= 15 is 0 Å². The molecule has 1 atom stereocenters. The monoisotopic (exact) mass is 386 g/mol. The molecule has 0 radical (unpaired) electrons. The van der Waals surface area contributed by atoms with Gasteiger partial charge in [-0.2, -0.15) is 0 Å². The molecular formula is C25H26N2O2. The minimum atomic E-state index is -0.153. The fourth-order valence-corrected chi connectivity index (χ4v) is 3.33. The van der Waals surface area contributed by atoms with Crippen LogP contribution in [0.25, 0.3) is 10.8 Å². The van der Waals surface area contributed by atoms with Gasteiger partial charge in [-0.05, 0) is 54.8 Å². The Bertz CT molecular complexity index is 1040. The Morgan fingerprint density at radius 3 is 2.34 bits per heavy atom. The van der Waals surface area contributed by atoms with Crippen LogP contribution in [-0.2, 0) is 16.0 Å². The largest absolute Gasteiger partial charge is 0.349 e. The highest BCUT2D eigenvalue weighted by molar-refractivity contribution is 5.99. The summed E-state index contributed by atoms with van der Waals surface area (Å²) in [6.45, 7) is 5.75. The summed E-state index contributed by atoms with van der Waals surface area (Å²) < 4.78 is 0. The van der Waals surface area contributed by atoms with Crippen LogP contribution in [0.5, 0.6) is 0 Å². The summed E-state index contributed by atoms with van der Waals surface area (Å²) in [5.41, 5.74) is 3.65. The number of hydrogen-bond acceptors (Lipinski definition) is 2. The molecule has 0 aliphatic rings. The van der Waals surface area contributed by atoms with Gasteiger partial charge >= 0.3 is 0 Å². The number of nitrogens with one attached hydrogen (secondary N) is 2. The predicted octanol–water partition coefficient (Wildman–Crippen LogP) is 5.16. The highest BCUT2D eigenvalue weighted by Gasteiger charge is 2.12. The van der Waals surface area contributed by atoms with Gasteiger partial charge in [0.1, 0.15) is 0 Å². The Morgan fingerprint density at radius 2 is 1.62 bits per heavy atom. The first kappa shape index (κ1) is 20.3. The number of benzene rings is 3. The number of amides is 2. The van der Waals surface area contributed by atoms with Gasteiger partial charge in [-0.15, -0.1) is 0 Å². The number of carbonyl (C=O) groups is 2. The number of anilines is 1. The van der Waals surface area contributed by atoms with Crippen molar-refractivity contribution >= 4 is 28.3 Å². The molecule has 3 aromatic carbocycles. The van der Waals surface area contributed by atoms with Crippen molar-refractivity contribution in [2.24, 2.45) is 0 Å². The van der Waals surface area contributed by atoms with Gasteiger partial charge in [0.05, 0.1) is 12.5 Å². The summed E-state index contributed by atoms with van der Waals surface area (Å²) in [5.74, 6) is -0.189. The second-order valence-corrected chi connectivity index (χ2v) is 7.44. The summed E-state index contributed by atoms with van der Waals surface area (Å²) in [6, 6.07) is 21.6. The summed E-state index contributed by atoms with van der Waals surface area (Å²) in [4.78, 5) is 24.3. The van der Waals surface area contributed by atoms with Gasteiger partial charge in [-0.25, -0.2) is 0 Å². The fraction of sp³-hybridized carbons (Fsp3) is 0.200. The zero-order chi connectivity index (χ0) is 20.8. The molecule has 0 heterocycles. The molecule has 2 N–H and O–H groups in total. The number of hydrogen-bond donors (Lipinski definition) is 2. The van der Waals surface area contributed by atoms with Gasteiger partial charge < -0.3 is 10.6 Å². The SMILES string of the molecule is CC(C)=CC(=O)Nc1ccc(CC(=O)NC(C)c2cccc3ccccc23)cc1. The van der Waals surface area contributed by atoms with E-state index in [1.807, 2.05) is 63.2 Å². The van der Waals surface area contributed by atoms with E-state index in [0.717, 1.165) is 27.5 Å². The minimum Gasteiger partial charge on any atom is -0.349 e. The number of carbonyl (C=O) groups excluding carboxylic acids is 2. The standard InChI is InChI=1S/C25H26N2O2/c1-17(2)15-24(28)27-21-13-11-19(12-14-21)16-25(29)26-18(3)22-10-6-8-20-7-4-5-9-23(20)22/h4-15,18H,16H2,1-3H3,(H,26,29)(H,27,28). The number of allylic oxidation sites excluding steroid dienone is 1. The Balaban J connectivity index is 1.61. The predicted molar refractivity (Wildman–Crippen MR) is 119 cm³/mol. The minimum absolute atomic E-state index is 0.0354. The van der Waals surface area contributed by atoms with Crippen LogP contribution in [0, 0.1) is 0 Å². The van der Waals surface area contributed by atoms with Crippen molar-refractivity contribution in [1.29, 1.82) is 0 Å². The molecule has 3 aromatic rings. The van der Waals surface area contributed by atoms with Gasteiger partial charge in [0.25, 0.3) is 0 Å². The smallest absolute Gasteiger partial charge is 0.248 e. The third-order valence-corrected chi connectivity index (χ3v) is 4.67. The van der Waals surface area contributed by atoms with Crippen LogP contribution in [0.3, 0.4) is 0 Å². The first-order valence-electron chi connectivity index (χ1n) is 9.74. The van der Waals surface area contributed by atoms with Crippen molar-refractivity contribution in [3.8, 4) is 0 Å². The lowest BCUT2D eigenvalue weighted by molar-refractivity contribution is -0.121. The summed E-state index contributed by atoms with van der Waals surface area (Å²) in [5, 5.41) is 8.21. The Kier molecular flexibility index (Phi) is 6.45. The maximum atomic E-state index is 12.5. The van der Waals surface area contributed by atoms with E-state index in [4.69, 9.17) is 0 Å². The Morgan fingerprint density at radius 1 is 0.931 bits per heavy atom. The molecule has 1 unspecified atom stereocenters. The van der Waals surface area contributed by atoms with Crippen molar-refractivity contribution in [2.75, 3.05) is 5.32 Å². The lowest BCUT2D eigenvalue weighted by Crippen LogP contribution is -2.28. The molecule has 3 rings (SSSR count). The van der Waals surface area contributed by atoms with Crippen LogP contribution >= 0.6 is 0 Å². The first-order chi connectivity index (χ1) is 13.9. The average molecular weight is 386 g/mol. The second kappa shape index (κ2) is 9.20. The number of rotatable bonds is 6. The molecule has 0 aromatic heterocycles. The van der Waals surface area contributed by atoms with Crippen molar-refractivity contribution in [1.82, 2.24) is 5.32 Å². The molecule has 0 saturated carbocycles. The fourth-order valence-electron chi connectivity index (χ4n) is 3.33. The maximum absolute atomic E-state index is 12.5. The molecule has 148 valence electrons. The van der Waals surface area contributed by atoms with E-state index in [1.165, 1.54) is 0 Å². The first-order valence-corrected chi connectivity index (χ1v) is 9.74. The summed E-state index contributed by atoms with van der Waals surface area (Å²) in [6.07, 6.45) is 1.84. The van der Waals surface area contributed by atoms with Gasteiger partial charge in [0, 0.05) is 11.8 Å². The topological polar surface area (TPSA) is 58.2 Å². The highest BCUT2D eigenvalue weighted by Crippen LogP contribution is 2.24. The molecule has 0 spiro atoms. The lowest BCUT2D eigenvalue weighted by atomic mass is 9.99. The van der Waals surface area contributed by atoms with Gasteiger partial charge in [0.2, 0.25) is 11.8 Å². The average Bonchev–Trinajstić information content (AvgIpc) is 2.68.